The quantitative estimate of drug-likeness (QED) is 0.787. The van der Waals surface area contributed by atoms with Crippen molar-refractivity contribution < 1.29 is 0 Å². The van der Waals surface area contributed by atoms with Gasteiger partial charge in [0.05, 0.1) is 0 Å². The first kappa shape index (κ1) is 13.6. The third-order valence-electron chi connectivity index (χ3n) is 3.38. The third-order valence-corrected chi connectivity index (χ3v) is 3.54. The summed E-state index contributed by atoms with van der Waals surface area (Å²) >= 11 is 5.91. The van der Waals surface area contributed by atoms with Gasteiger partial charge in [0.25, 0.3) is 0 Å². The van der Waals surface area contributed by atoms with E-state index in [4.69, 9.17) is 11.6 Å². The molecule has 1 aromatic heterocycles. The fourth-order valence-corrected chi connectivity index (χ4v) is 2.76. The molecule has 2 rings (SSSR count). The molecule has 0 N–H and O–H groups in total. The highest BCUT2D eigenvalue weighted by Crippen LogP contribution is 2.23. The number of hydrogen-bond donors (Lipinski definition) is 0. The fourth-order valence-electron chi connectivity index (χ4n) is 2.54. The van der Waals surface area contributed by atoms with E-state index in [0.717, 1.165) is 30.5 Å². The summed E-state index contributed by atoms with van der Waals surface area (Å²) in [5.41, 5.74) is 0.931. The van der Waals surface area contributed by atoms with E-state index in [1.165, 1.54) is 19.4 Å². The van der Waals surface area contributed by atoms with Crippen LogP contribution in [0.25, 0.3) is 0 Å². The summed E-state index contributed by atoms with van der Waals surface area (Å²) in [6, 6.07) is 2.01. The van der Waals surface area contributed by atoms with E-state index in [2.05, 4.69) is 33.9 Å². The minimum Gasteiger partial charge on any atom is -0.356 e. The van der Waals surface area contributed by atoms with Gasteiger partial charge in [0.1, 0.15) is 5.82 Å². The van der Waals surface area contributed by atoms with Crippen LogP contribution in [0, 0.1) is 12.8 Å². The molecule has 1 aliphatic heterocycles. The Balaban J connectivity index is 1.96. The first-order valence-corrected chi connectivity index (χ1v) is 6.83. The number of rotatable bonds is 3. The van der Waals surface area contributed by atoms with Crippen molar-refractivity contribution in [1.82, 2.24) is 14.9 Å². The molecule has 0 unspecified atom stereocenters. The van der Waals surface area contributed by atoms with Crippen LogP contribution in [0.5, 0.6) is 0 Å². The Morgan fingerprint density at radius 3 is 2.56 bits per heavy atom. The molecule has 0 bridgehead atoms. The molecule has 100 valence electrons. The van der Waals surface area contributed by atoms with Gasteiger partial charge in [-0.1, -0.05) is 0 Å². The second-order valence-electron chi connectivity index (χ2n) is 5.33. The van der Waals surface area contributed by atoms with Crippen molar-refractivity contribution in [1.29, 1.82) is 0 Å². The molecule has 0 aromatic carbocycles. The van der Waals surface area contributed by atoms with E-state index < -0.39 is 0 Å². The maximum Gasteiger partial charge on any atom is 0.224 e. The number of aryl methyl sites for hydroxylation is 1. The van der Waals surface area contributed by atoms with E-state index in [1.54, 1.807) is 0 Å². The normalized spacial score (nSPS) is 17.5. The predicted molar refractivity (Wildman–Crippen MR) is 75.3 cm³/mol. The maximum absolute atomic E-state index is 5.91. The zero-order chi connectivity index (χ0) is 13.1. The van der Waals surface area contributed by atoms with Gasteiger partial charge < -0.3 is 9.80 Å². The van der Waals surface area contributed by atoms with Gasteiger partial charge in [-0.05, 0) is 51.4 Å². The van der Waals surface area contributed by atoms with Crippen molar-refractivity contribution in [2.45, 2.75) is 19.8 Å². The van der Waals surface area contributed by atoms with E-state index >= 15 is 0 Å². The summed E-state index contributed by atoms with van der Waals surface area (Å²) < 4.78 is 0. The Kier molecular flexibility index (Phi) is 4.40. The highest BCUT2D eigenvalue weighted by molar-refractivity contribution is 6.28. The van der Waals surface area contributed by atoms with E-state index in [0.29, 0.717) is 5.28 Å². The molecule has 0 saturated carbocycles. The Morgan fingerprint density at radius 2 is 2.00 bits per heavy atom. The summed E-state index contributed by atoms with van der Waals surface area (Å²) in [6.45, 7) is 5.25. The molecule has 1 saturated heterocycles. The van der Waals surface area contributed by atoms with Gasteiger partial charge in [-0.3, -0.25) is 0 Å². The molecule has 0 spiro atoms. The van der Waals surface area contributed by atoms with Gasteiger partial charge in [0.15, 0.2) is 0 Å². The summed E-state index contributed by atoms with van der Waals surface area (Å²) in [5.74, 6) is 1.77. The molecule has 1 aromatic rings. The van der Waals surface area contributed by atoms with Gasteiger partial charge in [-0.2, -0.15) is 0 Å². The summed E-state index contributed by atoms with van der Waals surface area (Å²) in [6.07, 6.45) is 2.44. The van der Waals surface area contributed by atoms with Crippen LogP contribution in [-0.4, -0.2) is 48.6 Å². The third kappa shape index (κ3) is 3.56. The highest BCUT2D eigenvalue weighted by Gasteiger charge is 2.21. The predicted octanol–water partition coefficient (Wildman–Crippen LogP) is 2.22. The highest BCUT2D eigenvalue weighted by atomic mass is 35.5. The molecular weight excluding hydrogens is 248 g/mol. The maximum atomic E-state index is 5.91. The smallest absolute Gasteiger partial charge is 0.224 e. The van der Waals surface area contributed by atoms with Crippen LogP contribution >= 0.6 is 11.6 Å². The molecule has 1 aliphatic rings. The molecule has 0 aliphatic carbocycles. The SMILES string of the molecule is Cc1cc(N2CCC(CN(C)C)CC2)nc(Cl)n1. The number of halogens is 1. The second kappa shape index (κ2) is 5.85. The Hall–Kier alpha value is -0.870. The molecule has 18 heavy (non-hydrogen) atoms. The fraction of sp³-hybridized carbons (Fsp3) is 0.692. The number of anilines is 1. The van der Waals surface area contributed by atoms with Crippen molar-refractivity contribution in [3.05, 3.63) is 17.0 Å². The van der Waals surface area contributed by atoms with Crippen molar-refractivity contribution in [3.63, 3.8) is 0 Å². The lowest BCUT2D eigenvalue weighted by molar-refractivity contribution is 0.284. The monoisotopic (exact) mass is 268 g/mol. The second-order valence-corrected chi connectivity index (χ2v) is 5.67. The minimum atomic E-state index is 0.348. The van der Waals surface area contributed by atoms with Crippen LogP contribution in [0.2, 0.25) is 5.28 Å². The summed E-state index contributed by atoms with van der Waals surface area (Å²) in [7, 11) is 4.28. The Labute approximate surface area is 114 Å². The zero-order valence-corrected chi connectivity index (χ0v) is 12.1. The Morgan fingerprint density at radius 1 is 1.33 bits per heavy atom. The van der Waals surface area contributed by atoms with Crippen molar-refractivity contribution in [3.8, 4) is 0 Å². The van der Waals surface area contributed by atoms with Gasteiger partial charge >= 0.3 is 0 Å². The standard InChI is InChI=1S/C13H21ClN4/c1-10-8-12(16-13(14)15-10)18-6-4-11(5-7-18)9-17(2)3/h8,11H,4-7,9H2,1-3H3. The average molecular weight is 269 g/mol. The number of hydrogen-bond acceptors (Lipinski definition) is 4. The van der Waals surface area contributed by atoms with Crippen molar-refractivity contribution >= 4 is 17.4 Å². The van der Waals surface area contributed by atoms with Gasteiger partial charge in [0.2, 0.25) is 5.28 Å². The minimum absolute atomic E-state index is 0.348. The Bertz CT molecular complexity index is 380. The summed E-state index contributed by atoms with van der Waals surface area (Å²) in [5, 5.41) is 0.348. The van der Waals surface area contributed by atoms with Crippen molar-refractivity contribution in [2.75, 3.05) is 38.6 Å². The lowest BCUT2D eigenvalue weighted by Gasteiger charge is -2.34. The molecule has 2 heterocycles. The van der Waals surface area contributed by atoms with Crippen LogP contribution in [0.1, 0.15) is 18.5 Å². The van der Waals surface area contributed by atoms with E-state index in [-0.39, 0.29) is 0 Å². The lowest BCUT2D eigenvalue weighted by atomic mass is 9.96. The van der Waals surface area contributed by atoms with Crippen molar-refractivity contribution in [2.24, 2.45) is 5.92 Å². The van der Waals surface area contributed by atoms with E-state index in [9.17, 15) is 0 Å². The molecule has 0 atom stereocenters. The van der Waals surface area contributed by atoms with Gasteiger partial charge in [-0.15, -0.1) is 0 Å². The zero-order valence-electron chi connectivity index (χ0n) is 11.4. The van der Waals surface area contributed by atoms with Crippen LogP contribution in [0.4, 0.5) is 5.82 Å². The molecular formula is C13H21ClN4. The van der Waals surface area contributed by atoms with E-state index in [1.807, 2.05) is 13.0 Å². The molecule has 0 amide bonds. The van der Waals surface area contributed by atoms with Crippen LogP contribution in [0.15, 0.2) is 6.07 Å². The van der Waals surface area contributed by atoms with Gasteiger partial charge in [0, 0.05) is 31.4 Å². The van der Waals surface area contributed by atoms with Gasteiger partial charge in [-0.25, -0.2) is 9.97 Å². The average Bonchev–Trinajstić information content (AvgIpc) is 2.27. The molecule has 5 heteroatoms. The molecule has 4 nitrogen and oxygen atoms in total. The summed E-state index contributed by atoms with van der Waals surface area (Å²) in [4.78, 5) is 13.0. The van der Waals surface area contributed by atoms with Crippen LogP contribution in [-0.2, 0) is 0 Å². The number of aromatic nitrogens is 2. The topological polar surface area (TPSA) is 32.3 Å². The largest absolute Gasteiger partial charge is 0.356 e. The van der Waals surface area contributed by atoms with Crippen LogP contribution < -0.4 is 4.90 Å². The first-order chi connectivity index (χ1) is 8.54. The number of nitrogens with zero attached hydrogens (tertiary/aromatic N) is 4. The van der Waals surface area contributed by atoms with Crippen LogP contribution in [0.3, 0.4) is 0 Å². The lowest BCUT2D eigenvalue weighted by Crippen LogP contribution is -2.37. The molecule has 0 radical (unpaired) electrons. The molecule has 1 fully saturated rings. The number of piperidine rings is 1. The first-order valence-electron chi connectivity index (χ1n) is 6.45.